The van der Waals surface area contributed by atoms with Gasteiger partial charge in [-0.25, -0.2) is 0 Å². The Balaban J connectivity index is 2.23. The maximum absolute atomic E-state index is 13.6. The Kier molecular flexibility index (Phi) is 4.48. The summed E-state index contributed by atoms with van der Waals surface area (Å²) in [6.07, 6.45) is -3.29. The SMILES string of the molecule is CCCc1cc2c(C(F)(F)F)c(C#N)ccc2n1Cc1ccc(C#N)o1. The van der Waals surface area contributed by atoms with Crippen molar-refractivity contribution in [2.75, 3.05) is 0 Å². The molecule has 2 heterocycles. The van der Waals surface area contributed by atoms with E-state index >= 15 is 0 Å². The maximum Gasteiger partial charge on any atom is 0.418 e. The number of halogens is 3. The molecule has 0 radical (unpaired) electrons. The van der Waals surface area contributed by atoms with Gasteiger partial charge in [-0.1, -0.05) is 13.3 Å². The van der Waals surface area contributed by atoms with E-state index < -0.39 is 17.3 Å². The quantitative estimate of drug-likeness (QED) is 0.660. The van der Waals surface area contributed by atoms with Crippen LogP contribution in [0.2, 0.25) is 0 Å². The van der Waals surface area contributed by atoms with E-state index in [1.54, 1.807) is 16.7 Å². The smallest absolute Gasteiger partial charge is 0.418 e. The average molecular weight is 357 g/mol. The molecule has 0 aliphatic rings. The first kappa shape index (κ1) is 17.6. The predicted octanol–water partition coefficient (Wildman–Crippen LogP) is 5.00. The second-order valence-electron chi connectivity index (χ2n) is 5.88. The monoisotopic (exact) mass is 357 g/mol. The standard InChI is InChI=1S/C19H14F3N3O/c1-2-3-13-8-16-17(7-4-12(9-23)18(16)19(20,21)22)25(13)11-15-6-5-14(10-24)26-15/h4-8H,2-3,11H2,1H3. The molecule has 2 aromatic heterocycles. The van der Waals surface area contributed by atoms with Crippen molar-refractivity contribution in [1.29, 1.82) is 10.5 Å². The minimum atomic E-state index is -4.63. The Labute approximate surface area is 147 Å². The Morgan fingerprint density at radius 3 is 2.46 bits per heavy atom. The van der Waals surface area contributed by atoms with Gasteiger partial charge in [0.15, 0.2) is 0 Å². The summed E-state index contributed by atoms with van der Waals surface area (Å²) < 4.78 is 47.8. The van der Waals surface area contributed by atoms with Gasteiger partial charge in [0.2, 0.25) is 5.76 Å². The lowest BCUT2D eigenvalue weighted by Gasteiger charge is -2.12. The first-order valence-corrected chi connectivity index (χ1v) is 8.00. The maximum atomic E-state index is 13.6. The predicted molar refractivity (Wildman–Crippen MR) is 88.2 cm³/mol. The molecule has 0 saturated carbocycles. The molecule has 7 heteroatoms. The Morgan fingerprint density at radius 1 is 1.12 bits per heavy atom. The van der Waals surface area contributed by atoms with Crippen LogP contribution in [-0.4, -0.2) is 4.57 Å². The summed E-state index contributed by atoms with van der Waals surface area (Å²) in [6, 6.07) is 10.9. The summed E-state index contributed by atoms with van der Waals surface area (Å²) in [5, 5.41) is 18.0. The van der Waals surface area contributed by atoms with Crippen LogP contribution >= 0.6 is 0 Å². The summed E-state index contributed by atoms with van der Waals surface area (Å²) in [4.78, 5) is 0. The van der Waals surface area contributed by atoms with Crippen LogP contribution in [-0.2, 0) is 19.1 Å². The molecule has 0 N–H and O–H groups in total. The van der Waals surface area contributed by atoms with Crippen LogP contribution in [0.25, 0.3) is 10.9 Å². The number of fused-ring (bicyclic) bond motifs is 1. The average Bonchev–Trinajstić information content (AvgIpc) is 3.18. The van der Waals surface area contributed by atoms with Gasteiger partial charge in [0.05, 0.1) is 23.7 Å². The summed E-state index contributed by atoms with van der Waals surface area (Å²) in [5.41, 5.74) is -0.201. The van der Waals surface area contributed by atoms with Crippen molar-refractivity contribution in [3.05, 3.63) is 58.7 Å². The highest BCUT2D eigenvalue weighted by Gasteiger charge is 2.36. The number of benzene rings is 1. The minimum Gasteiger partial charge on any atom is -0.449 e. The summed E-state index contributed by atoms with van der Waals surface area (Å²) >= 11 is 0. The number of aryl methyl sites for hydroxylation is 1. The van der Waals surface area contributed by atoms with Gasteiger partial charge in [-0.3, -0.25) is 0 Å². The third-order valence-corrected chi connectivity index (χ3v) is 4.17. The second-order valence-corrected chi connectivity index (χ2v) is 5.88. The molecule has 0 unspecified atom stereocenters. The van der Waals surface area contributed by atoms with Crippen LogP contribution in [0.5, 0.6) is 0 Å². The normalized spacial score (nSPS) is 11.5. The Bertz CT molecular complexity index is 1050. The molecule has 0 atom stereocenters. The number of hydrogen-bond acceptors (Lipinski definition) is 3. The molecule has 26 heavy (non-hydrogen) atoms. The van der Waals surface area contributed by atoms with Crippen molar-refractivity contribution < 1.29 is 17.6 Å². The van der Waals surface area contributed by atoms with Crippen molar-refractivity contribution >= 4 is 10.9 Å². The van der Waals surface area contributed by atoms with E-state index in [4.69, 9.17) is 14.9 Å². The van der Waals surface area contributed by atoms with E-state index in [-0.39, 0.29) is 17.7 Å². The van der Waals surface area contributed by atoms with Gasteiger partial charge in [-0.15, -0.1) is 0 Å². The molecule has 0 saturated heterocycles. The number of rotatable bonds is 4. The van der Waals surface area contributed by atoms with Gasteiger partial charge >= 0.3 is 6.18 Å². The topological polar surface area (TPSA) is 65.7 Å². The van der Waals surface area contributed by atoms with Crippen LogP contribution in [0, 0.1) is 22.7 Å². The number of hydrogen-bond donors (Lipinski definition) is 0. The van der Waals surface area contributed by atoms with E-state index in [9.17, 15) is 13.2 Å². The molecule has 0 spiro atoms. The number of nitrogens with zero attached hydrogens (tertiary/aromatic N) is 3. The fraction of sp³-hybridized carbons (Fsp3) is 0.263. The van der Waals surface area contributed by atoms with Gasteiger partial charge in [0.25, 0.3) is 0 Å². The minimum absolute atomic E-state index is 0.00654. The highest BCUT2D eigenvalue weighted by Crippen LogP contribution is 2.39. The Morgan fingerprint density at radius 2 is 1.88 bits per heavy atom. The zero-order valence-corrected chi connectivity index (χ0v) is 13.9. The highest BCUT2D eigenvalue weighted by molar-refractivity contribution is 5.87. The van der Waals surface area contributed by atoms with Crippen LogP contribution in [0.3, 0.4) is 0 Å². The van der Waals surface area contributed by atoms with E-state index in [0.29, 0.717) is 17.7 Å². The first-order chi connectivity index (χ1) is 12.4. The lowest BCUT2D eigenvalue weighted by Crippen LogP contribution is -2.09. The van der Waals surface area contributed by atoms with Crippen LogP contribution < -0.4 is 0 Å². The van der Waals surface area contributed by atoms with E-state index in [1.807, 2.05) is 13.0 Å². The lowest BCUT2D eigenvalue weighted by atomic mass is 10.0. The molecule has 0 amide bonds. The lowest BCUT2D eigenvalue weighted by molar-refractivity contribution is -0.136. The molecule has 4 nitrogen and oxygen atoms in total. The van der Waals surface area contributed by atoms with Gasteiger partial charge in [0.1, 0.15) is 11.8 Å². The molecule has 132 valence electrons. The summed E-state index contributed by atoms with van der Waals surface area (Å²) in [7, 11) is 0. The number of aromatic nitrogens is 1. The summed E-state index contributed by atoms with van der Waals surface area (Å²) in [6.45, 7) is 2.15. The summed E-state index contributed by atoms with van der Waals surface area (Å²) in [5.74, 6) is 0.630. The molecule has 0 fully saturated rings. The van der Waals surface area contributed by atoms with Crippen molar-refractivity contribution in [1.82, 2.24) is 4.57 Å². The zero-order valence-electron chi connectivity index (χ0n) is 13.9. The highest BCUT2D eigenvalue weighted by atomic mass is 19.4. The van der Waals surface area contributed by atoms with Gasteiger partial charge in [-0.2, -0.15) is 23.7 Å². The molecular formula is C19H14F3N3O. The number of nitriles is 2. The first-order valence-electron chi connectivity index (χ1n) is 8.00. The van der Waals surface area contributed by atoms with Gasteiger partial charge in [-0.05, 0) is 36.8 Å². The third kappa shape index (κ3) is 3.04. The molecular weight excluding hydrogens is 343 g/mol. The van der Waals surface area contributed by atoms with Crippen LogP contribution in [0.1, 0.15) is 41.7 Å². The zero-order chi connectivity index (χ0) is 18.9. The largest absolute Gasteiger partial charge is 0.449 e. The van der Waals surface area contributed by atoms with Crippen molar-refractivity contribution in [3.8, 4) is 12.1 Å². The van der Waals surface area contributed by atoms with Crippen molar-refractivity contribution in [2.45, 2.75) is 32.5 Å². The van der Waals surface area contributed by atoms with Crippen LogP contribution in [0.4, 0.5) is 13.2 Å². The van der Waals surface area contributed by atoms with Crippen molar-refractivity contribution in [2.24, 2.45) is 0 Å². The van der Waals surface area contributed by atoms with Crippen molar-refractivity contribution in [3.63, 3.8) is 0 Å². The molecule has 3 aromatic rings. The molecule has 0 aliphatic carbocycles. The van der Waals surface area contributed by atoms with E-state index in [2.05, 4.69) is 0 Å². The fourth-order valence-corrected chi connectivity index (χ4v) is 3.12. The second kappa shape index (κ2) is 6.61. The van der Waals surface area contributed by atoms with Crippen LogP contribution in [0.15, 0.2) is 34.7 Å². The van der Waals surface area contributed by atoms with Gasteiger partial charge < -0.3 is 8.98 Å². The van der Waals surface area contributed by atoms with E-state index in [1.165, 1.54) is 24.3 Å². The number of furan rings is 1. The third-order valence-electron chi connectivity index (χ3n) is 4.17. The molecule has 0 bridgehead atoms. The molecule has 1 aromatic carbocycles. The fourth-order valence-electron chi connectivity index (χ4n) is 3.12. The Hall–Kier alpha value is -3.19. The molecule has 3 rings (SSSR count). The van der Waals surface area contributed by atoms with E-state index in [0.717, 1.165) is 12.1 Å². The van der Waals surface area contributed by atoms with Gasteiger partial charge in [0, 0.05) is 16.6 Å². The molecule has 0 aliphatic heterocycles. The number of alkyl halides is 3.